The number of aliphatic carboxylic acids is 1. The van der Waals surface area contributed by atoms with Crippen LogP contribution in [0.5, 0.6) is 0 Å². The molecule has 0 amide bonds. The van der Waals surface area contributed by atoms with E-state index in [9.17, 15) is 15.0 Å². The van der Waals surface area contributed by atoms with Crippen molar-refractivity contribution in [3.63, 3.8) is 0 Å². The molecular formula is C17H32N2O3. The number of aliphatic hydroxyl groups is 1. The number of nitrogens with zero attached hydrogens (tertiary/aromatic N) is 2. The average molecular weight is 312 g/mol. The molecule has 1 unspecified atom stereocenters. The van der Waals surface area contributed by atoms with Crippen LogP contribution in [-0.2, 0) is 4.79 Å². The molecular weight excluding hydrogens is 280 g/mol. The summed E-state index contributed by atoms with van der Waals surface area (Å²) in [6.07, 6.45) is 5.69. The quantitative estimate of drug-likeness (QED) is 0.574. The van der Waals surface area contributed by atoms with Gasteiger partial charge in [-0.1, -0.05) is 33.1 Å². The number of unbranched alkanes of at least 4 members (excludes halogenated alkanes) is 1. The van der Waals surface area contributed by atoms with E-state index in [4.69, 9.17) is 0 Å². The highest BCUT2D eigenvalue weighted by Crippen LogP contribution is 2.34. The van der Waals surface area contributed by atoms with Gasteiger partial charge in [0.2, 0.25) is 0 Å². The van der Waals surface area contributed by atoms with E-state index in [1.54, 1.807) is 0 Å². The van der Waals surface area contributed by atoms with Crippen molar-refractivity contribution in [2.24, 2.45) is 5.41 Å². The SMILES string of the molecule is CCCCC(C)(CCC)C1=[N+](CCO)CCN1CCC(=O)[O-]. The van der Waals surface area contributed by atoms with Crippen molar-refractivity contribution in [3.05, 3.63) is 0 Å². The lowest BCUT2D eigenvalue weighted by Gasteiger charge is -2.31. The number of hydrogen-bond acceptors (Lipinski definition) is 4. The van der Waals surface area contributed by atoms with E-state index in [-0.39, 0.29) is 18.4 Å². The van der Waals surface area contributed by atoms with Crippen LogP contribution in [0.4, 0.5) is 0 Å². The van der Waals surface area contributed by atoms with Crippen LogP contribution in [0, 0.1) is 5.41 Å². The minimum Gasteiger partial charge on any atom is -0.550 e. The van der Waals surface area contributed by atoms with E-state index in [0.29, 0.717) is 13.1 Å². The maximum absolute atomic E-state index is 10.8. The summed E-state index contributed by atoms with van der Waals surface area (Å²) in [5.74, 6) is 0.240. The van der Waals surface area contributed by atoms with Crippen LogP contribution < -0.4 is 5.11 Å². The van der Waals surface area contributed by atoms with Gasteiger partial charge >= 0.3 is 0 Å². The van der Waals surface area contributed by atoms with Crippen molar-refractivity contribution in [2.45, 2.75) is 59.3 Å². The van der Waals surface area contributed by atoms with Gasteiger partial charge in [-0.2, -0.15) is 0 Å². The number of β-amino-alcohol motifs (C(OH)–C–C–N with tert-alkyl or cyclic N) is 1. The molecule has 1 atom stereocenters. The maximum Gasteiger partial charge on any atom is 0.253 e. The van der Waals surface area contributed by atoms with E-state index in [1.807, 2.05) is 0 Å². The molecule has 1 N–H and O–H groups in total. The fraction of sp³-hybridized carbons (Fsp3) is 0.882. The van der Waals surface area contributed by atoms with Gasteiger partial charge in [-0.3, -0.25) is 9.48 Å². The molecule has 0 radical (unpaired) electrons. The number of aliphatic hydroxyl groups excluding tert-OH is 1. The Morgan fingerprint density at radius 2 is 2.09 bits per heavy atom. The lowest BCUT2D eigenvalue weighted by molar-refractivity contribution is -0.524. The predicted octanol–water partition coefficient (Wildman–Crippen LogP) is 0.842. The standard InChI is InChI=1S/C17H32N2O3/c1-4-6-9-17(3,8-5-2)16-18(10-7-15(21)22)11-12-19(16)13-14-20/h20H,4-14H2,1-3H3. The number of amidine groups is 1. The Morgan fingerprint density at radius 1 is 1.36 bits per heavy atom. The van der Waals surface area contributed by atoms with Gasteiger partial charge < -0.3 is 15.0 Å². The monoisotopic (exact) mass is 312 g/mol. The lowest BCUT2D eigenvalue weighted by Crippen LogP contribution is -2.44. The first kappa shape index (κ1) is 18.9. The second kappa shape index (κ2) is 9.13. The number of hydrogen-bond donors (Lipinski definition) is 1. The van der Waals surface area contributed by atoms with E-state index >= 15 is 0 Å². The zero-order valence-electron chi connectivity index (χ0n) is 14.4. The molecule has 0 saturated heterocycles. The molecule has 0 aromatic heterocycles. The third-order valence-corrected chi connectivity index (χ3v) is 4.62. The fourth-order valence-corrected chi connectivity index (χ4v) is 3.67. The first-order chi connectivity index (χ1) is 10.5. The largest absolute Gasteiger partial charge is 0.550 e. The Bertz CT molecular complexity index is 395. The molecule has 0 bridgehead atoms. The van der Waals surface area contributed by atoms with Crippen LogP contribution in [0.25, 0.3) is 0 Å². The third kappa shape index (κ3) is 4.97. The number of carboxylic acids is 1. The molecule has 5 heteroatoms. The summed E-state index contributed by atoms with van der Waals surface area (Å²) in [4.78, 5) is 13.0. The zero-order chi connectivity index (χ0) is 16.6. The van der Waals surface area contributed by atoms with Crippen molar-refractivity contribution in [2.75, 3.05) is 32.8 Å². The van der Waals surface area contributed by atoms with Gasteiger partial charge in [-0.05, 0) is 19.8 Å². The molecule has 22 heavy (non-hydrogen) atoms. The van der Waals surface area contributed by atoms with E-state index in [0.717, 1.165) is 38.8 Å². The van der Waals surface area contributed by atoms with Crippen LogP contribution in [0.1, 0.15) is 59.3 Å². The summed E-state index contributed by atoms with van der Waals surface area (Å²) >= 11 is 0. The van der Waals surface area contributed by atoms with Gasteiger partial charge in [0.1, 0.15) is 19.6 Å². The molecule has 0 aliphatic carbocycles. The normalized spacial score (nSPS) is 17.9. The average Bonchev–Trinajstić information content (AvgIpc) is 2.87. The van der Waals surface area contributed by atoms with Crippen LogP contribution in [-0.4, -0.2) is 59.2 Å². The number of carbonyl (C=O) groups excluding carboxylic acids is 1. The Hall–Kier alpha value is -1.10. The molecule has 1 rings (SSSR count). The zero-order valence-corrected chi connectivity index (χ0v) is 14.4. The van der Waals surface area contributed by atoms with Gasteiger partial charge in [0.25, 0.3) is 5.84 Å². The molecule has 0 aromatic carbocycles. The highest BCUT2D eigenvalue weighted by molar-refractivity contribution is 5.84. The number of rotatable bonds is 11. The Kier molecular flexibility index (Phi) is 7.87. The summed E-state index contributed by atoms with van der Waals surface area (Å²) in [6.45, 7) is 9.67. The van der Waals surface area contributed by atoms with Crippen LogP contribution in [0.15, 0.2) is 0 Å². The van der Waals surface area contributed by atoms with Gasteiger partial charge in [-0.15, -0.1) is 0 Å². The highest BCUT2D eigenvalue weighted by atomic mass is 16.4. The lowest BCUT2D eigenvalue weighted by atomic mass is 9.78. The molecule has 1 aliphatic rings. The minimum absolute atomic E-state index is 0.0579. The smallest absolute Gasteiger partial charge is 0.253 e. The van der Waals surface area contributed by atoms with Crippen LogP contribution in [0.2, 0.25) is 0 Å². The Balaban J connectivity index is 3.03. The maximum atomic E-state index is 10.8. The highest BCUT2D eigenvalue weighted by Gasteiger charge is 2.43. The summed E-state index contributed by atoms with van der Waals surface area (Å²) < 4.78 is 2.25. The van der Waals surface area contributed by atoms with Crippen molar-refractivity contribution in [3.8, 4) is 0 Å². The van der Waals surface area contributed by atoms with Gasteiger partial charge in [0, 0.05) is 12.4 Å². The fourth-order valence-electron chi connectivity index (χ4n) is 3.67. The van der Waals surface area contributed by atoms with Crippen molar-refractivity contribution < 1.29 is 19.6 Å². The van der Waals surface area contributed by atoms with Crippen LogP contribution >= 0.6 is 0 Å². The van der Waals surface area contributed by atoms with Gasteiger partial charge in [0.05, 0.1) is 18.6 Å². The predicted molar refractivity (Wildman–Crippen MR) is 85.8 cm³/mol. The van der Waals surface area contributed by atoms with Crippen molar-refractivity contribution >= 4 is 11.8 Å². The van der Waals surface area contributed by atoms with Crippen LogP contribution in [0.3, 0.4) is 0 Å². The van der Waals surface area contributed by atoms with Gasteiger partial charge in [-0.25, -0.2) is 0 Å². The summed E-state index contributed by atoms with van der Waals surface area (Å²) in [7, 11) is 0. The summed E-state index contributed by atoms with van der Waals surface area (Å²) in [5.41, 5.74) is 0.0579. The molecule has 1 aliphatic heterocycles. The number of carboxylic acid groups (broad SMARTS) is 1. The third-order valence-electron chi connectivity index (χ3n) is 4.62. The first-order valence-corrected chi connectivity index (χ1v) is 8.66. The minimum atomic E-state index is -0.995. The second-order valence-corrected chi connectivity index (χ2v) is 6.56. The molecule has 5 nitrogen and oxygen atoms in total. The topological polar surface area (TPSA) is 66.6 Å². The van der Waals surface area contributed by atoms with E-state index in [1.165, 1.54) is 12.3 Å². The number of carbonyl (C=O) groups is 1. The molecule has 0 aromatic rings. The Morgan fingerprint density at radius 3 is 2.64 bits per heavy atom. The second-order valence-electron chi connectivity index (χ2n) is 6.56. The molecule has 1 heterocycles. The van der Waals surface area contributed by atoms with Gasteiger partial charge in [0.15, 0.2) is 0 Å². The molecule has 0 saturated carbocycles. The molecule has 128 valence electrons. The summed E-state index contributed by atoms with van der Waals surface area (Å²) in [6, 6.07) is 0. The van der Waals surface area contributed by atoms with E-state index < -0.39 is 5.97 Å². The Labute approximate surface area is 134 Å². The van der Waals surface area contributed by atoms with E-state index in [2.05, 4.69) is 30.2 Å². The first-order valence-electron chi connectivity index (χ1n) is 8.66. The van der Waals surface area contributed by atoms with Crippen molar-refractivity contribution in [1.29, 1.82) is 0 Å². The molecule has 0 fully saturated rings. The van der Waals surface area contributed by atoms with Crippen molar-refractivity contribution in [1.82, 2.24) is 4.90 Å². The molecule has 0 spiro atoms. The summed E-state index contributed by atoms with van der Waals surface area (Å²) in [5, 5.41) is 20.2.